The number of fused-ring (bicyclic) bond motifs is 3. The number of nitrogens with zero attached hydrogens (tertiary/aromatic N) is 1. The molecule has 0 spiro atoms. The van der Waals surface area contributed by atoms with Crippen LogP contribution < -0.4 is 4.28 Å². The van der Waals surface area contributed by atoms with E-state index in [4.69, 9.17) is 4.74 Å². The van der Waals surface area contributed by atoms with Gasteiger partial charge in [-0.15, -0.1) is 0 Å². The molecular formula is C10H8F3NO6S. The molecule has 0 aromatic carbocycles. The van der Waals surface area contributed by atoms with Crippen LogP contribution in [0.3, 0.4) is 0 Å². The van der Waals surface area contributed by atoms with Crippen LogP contribution in [0, 0.1) is 0 Å². The molecule has 7 nitrogen and oxygen atoms in total. The van der Waals surface area contributed by atoms with Gasteiger partial charge in [-0.05, 0) is 0 Å². The summed E-state index contributed by atoms with van der Waals surface area (Å²) in [5.41, 5.74) is -5.62. The van der Waals surface area contributed by atoms with Gasteiger partial charge in [0.15, 0.2) is 0 Å². The van der Waals surface area contributed by atoms with Gasteiger partial charge in [0, 0.05) is 11.5 Å². The summed E-state index contributed by atoms with van der Waals surface area (Å²) >= 11 is 0. The second-order valence-electron chi connectivity index (χ2n) is 4.49. The smallest absolute Gasteiger partial charge is 0.492 e. The Bertz CT molecular complexity index is 735. The van der Waals surface area contributed by atoms with Crippen LogP contribution >= 0.6 is 0 Å². The molecule has 0 saturated carbocycles. The van der Waals surface area contributed by atoms with Crippen molar-refractivity contribution >= 4 is 10.1 Å². The van der Waals surface area contributed by atoms with Crippen LogP contribution in [0.25, 0.3) is 0 Å². The summed E-state index contributed by atoms with van der Waals surface area (Å²) in [6.45, 7) is -0.192. The van der Waals surface area contributed by atoms with E-state index in [1.807, 2.05) is 0 Å². The Morgan fingerprint density at radius 1 is 1.29 bits per heavy atom. The predicted molar refractivity (Wildman–Crippen MR) is 59.8 cm³/mol. The van der Waals surface area contributed by atoms with Crippen molar-refractivity contribution in [3.8, 4) is 11.8 Å². The Kier molecular flexibility index (Phi) is 2.73. The van der Waals surface area contributed by atoms with E-state index < -0.39 is 33.3 Å². The Balaban J connectivity index is 2.06. The Morgan fingerprint density at radius 2 is 1.95 bits per heavy atom. The minimum atomic E-state index is -6.02. The monoisotopic (exact) mass is 327 g/mol. The fourth-order valence-corrected chi connectivity index (χ4v) is 2.63. The molecule has 0 radical (unpaired) electrons. The maximum atomic E-state index is 12.3. The highest BCUT2D eigenvalue weighted by molar-refractivity contribution is 7.87. The third-order valence-electron chi connectivity index (χ3n) is 3.29. The van der Waals surface area contributed by atoms with Crippen LogP contribution in [0.4, 0.5) is 13.2 Å². The minimum Gasteiger partial charge on any atom is -0.492 e. The molecule has 0 fully saturated rings. The molecule has 2 aliphatic rings. The fourth-order valence-electron chi connectivity index (χ4n) is 2.20. The van der Waals surface area contributed by atoms with Gasteiger partial charge >= 0.3 is 15.6 Å². The van der Waals surface area contributed by atoms with Gasteiger partial charge in [-0.25, -0.2) is 0 Å². The molecule has 2 heterocycles. The quantitative estimate of drug-likeness (QED) is 0.614. The van der Waals surface area contributed by atoms with Crippen LogP contribution in [0.5, 0.6) is 11.8 Å². The molecule has 2 unspecified atom stereocenters. The third-order valence-corrected chi connectivity index (χ3v) is 4.20. The molecule has 2 atom stereocenters. The van der Waals surface area contributed by atoms with Crippen molar-refractivity contribution in [2.45, 2.75) is 24.1 Å². The summed E-state index contributed by atoms with van der Waals surface area (Å²) in [7, 11) is -6.02. The van der Waals surface area contributed by atoms with E-state index >= 15 is 0 Å². The minimum absolute atomic E-state index is 0.0181. The van der Waals surface area contributed by atoms with Crippen molar-refractivity contribution < 1.29 is 40.8 Å². The molecule has 3 rings (SSSR count). The van der Waals surface area contributed by atoms with Crippen LogP contribution in [0.2, 0.25) is 0 Å². The largest absolute Gasteiger partial charge is 0.536 e. The summed E-state index contributed by atoms with van der Waals surface area (Å²) < 4.78 is 67.7. The van der Waals surface area contributed by atoms with Crippen molar-refractivity contribution in [1.29, 1.82) is 0 Å². The standard InChI is InChI=1S/C10H8F3NO6S/c11-10(12,13)21(17,18)20-14-8(15)5-3-19-6-2-1-4(6)7(5)9(14)16/h1-2,4,6,15-16H,3H2. The molecule has 0 bridgehead atoms. The van der Waals surface area contributed by atoms with Gasteiger partial charge in [0.1, 0.15) is 0 Å². The zero-order valence-electron chi connectivity index (χ0n) is 10.0. The lowest BCUT2D eigenvalue weighted by Crippen LogP contribution is -2.33. The van der Waals surface area contributed by atoms with Gasteiger partial charge in [-0.2, -0.15) is 21.6 Å². The first-order chi connectivity index (χ1) is 9.63. The molecule has 1 aromatic heterocycles. The zero-order chi connectivity index (χ0) is 15.6. The van der Waals surface area contributed by atoms with Crippen molar-refractivity contribution in [3.63, 3.8) is 0 Å². The lowest BCUT2D eigenvalue weighted by atomic mass is 9.82. The van der Waals surface area contributed by atoms with Gasteiger partial charge in [0.05, 0.1) is 18.3 Å². The summed E-state index contributed by atoms with van der Waals surface area (Å²) in [4.78, 5) is 0. The topological polar surface area (TPSA) is 98.0 Å². The molecule has 2 N–H and O–H groups in total. The third kappa shape index (κ3) is 1.87. The average Bonchev–Trinajstić information content (AvgIpc) is 2.53. The number of hydrogen-bond acceptors (Lipinski definition) is 6. The zero-order valence-corrected chi connectivity index (χ0v) is 10.8. The molecule has 0 amide bonds. The SMILES string of the molecule is O=S(=O)(On1c(O)c2c(c1O)C1C=CC1OC2)C(F)(F)F. The molecule has 21 heavy (non-hydrogen) atoms. The number of ether oxygens (including phenoxy) is 1. The van der Waals surface area contributed by atoms with Crippen molar-refractivity contribution in [2.24, 2.45) is 0 Å². The first-order valence-electron chi connectivity index (χ1n) is 5.60. The van der Waals surface area contributed by atoms with Crippen LogP contribution in [0.1, 0.15) is 17.0 Å². The van der Waals surface area contributed by atoms with Gasteiger partial charge in [-0.1, -0.05) is 16.9 Å². The Labute approximate surface area is 115 Å². The van der Waals surface area contributed by atoms with Crippen molar-refractivity contribution in [1.82, 2.24) is 4.73 Å². The summed E-state index contributed by atoms with van der Waals surface area (Å²) in [6.07, 6.45) is 2.89. The number of aromatic nitrogens is 1. The first-order valence-corrected chi connectivity index (χ1v) is 7.01. The molecule has 1 aliphatic heterocycles. The van der Waals surface area contributed by atoms with Crippen molar-refractivity contribution in [2.75, 3.05) is 0 Å². The Hall–Kier alpha value is -1.88. The number of alkyl halides is 3. The van der Waals surface area contributed by atoms with E-state index in [9.17, 15) is 31.8 Å². The number of halogens is 3. The average molecular weight is 327 g/mol. The maximum absolute atomic E-state index is 12.3. The van der Waals surface area contributed by atoms with Gasteiger partial charge < -0.3 is 14.9 Å². The van der Waals surface area contributed by atoms with E-state index in [1.54, 1.807) is 12.2 Å². The number of rotatable bonds is 2. The summed E-state index contributed by atoms with van der Waals surface area (Å²) in [6, 6.07) is 0. The van der Waals surface area contributed by atoms with Gasteiger partial charge in [0.2, 0.25) is 11.8 Å². The predicted octanol–water partition coefficient (Wildman–Crippen LogP) is 0.730. The highest BCUT2D eigenvalue weighted by Gasteiger charge is 2.50. The molecular weight excluding hydrogens is 319 g/mol. The van der Waals surface area contributed by atoms with E-state index in [0.29, 0.717) is 0 Å². The highest BCUT2D eigenvalue weighted by Crippen LogP contribution is 2.48. The van der Waals surface area contributed by atoms with Crippen LogP contribution in [0.15, 0.2) is 12.2 Å². The van der Waals surface area contributed by atoms with E-state index in [-0.39, 0.29) is 28.6 Å². The maximum Gasteiger partial charge on any atom is 0.536 e. The van der Waals surface area contributed by atoms with Crippen molar-refractivity contribution in [3.05, 3.63) is 23.3 Å². The van der Waals surface area contributed by atoms with E-state index in [0.717, 1.165) is 0 Å². The lowest BCUT2D eigenvalue weighted by Gasteiger charge is -2.33. The van der Waals surface area contributed by atoms with Gasteiger partial charge in [0.25, 0.3) is 0 Å². The van der Waals surface area contributed by atoms with E-state index in [1.165, 1.54) is 0 Å². The van der Waals surface area contributed by atoms with Crippen LogP contribution in [-0.2, 0) is 21.5 Å². The lowest BCUT2D eigenvalue weighted by molar-refractivity contribution is -0.0554. The number of hydrogen-bond donors (Lipinski definition) is 2. The Morgan fingerprint density at radius 3 is 2.48 bits per heavy atom. The second-order valence-corrected chi connectivity index (χ2v) is 6.01. The second kappa shape index (κ2) is 4.07. The first kappa shape index (κ1) is 14.1. The van der Waals surface area contributed by atoms with Gasteiger partial charge in [-0.3, -0.25) is 4.28 Å². The molecule has 116 valence electrons. The number of aromatic hydroxyl groups is 2. The molecule has 1 aromatic rings. The highest BCUT2D eigenvalue weighted by atomic mass is 32.2. The van der Waals surface area contributed by atoms with E-state index in [2.05, 4.69) is 4.28 Å². The molecule has 0 saturated heterocycles. The summed E-state index contributed by atoms with van der Waals surface area (Å²) in [5, 5.41) is 19.6. The summed E-state index contributed by atoms with van der Waals surface area (Å²) in [5.74, 6) is -2.33. The molecule has 1 aliphatic carbocycles. The fraction of sp³-hybridized carbons (Fsp3) is 0.400. The normalized spacial score (nSPS) is 24.1. The molecule has 11 heteroatoms. The van der Waals surface area contributed by atoms with Crippen LogP contribution in [-0.4, -0.2) is 35.0 Å².